The van der Waals surface area contributed by atoms with Crippen molar-refractivity contribution in [1.82, 2.24) is 10.6 Å². The number of amides is 2. The summed E-state index contributed by atoms with van der Waals surface area (Å²) in [5.74, 6) is -0.619. The second kappa shape index (κ2) is 15.7. The first-order valence-electron chi connectivity index (χ1n) is 18.5. The minimum atomic E-state index is -1.56. The highest BCUT2D eigenvalue weighted by atomic mass is 16.5. The summed E-state index contributed by atoms with van der Waals surface area (Å²) in [5, 5.41) is 36.4. The fraction of sp³-hybridized carbons (Fsp3) is 0.667. The molecule has 4 aliphatic rings. The number of nitrogens with one attached hydrogen (secondary N) is 2. The van der Waals surface area contributed by atoms with Crippen molar-refractivity contribution in [2.24, 2.45) is 28.6 Å². The molecule has 2 amide bonds. The molecule has 0 radical (unpaired) electrons. The minimum absolute atomic E-state index is 0.00784. The third-order valence-electron chi connectivity index (χ3n) is 12.7. The highest BCUT2D eigenvalue weighted by Crippen LogP contribution is 2.67. The van der Waals surface area contributed by atoms with E-state index in [2.05, 4.69) is 17.6 Å². The van der Waals surface area contributed by atoms with Gasteiger partial charge >= 0.3 is 5.97 Å². The van der Waals surface area contributed by atoms with Crippen molar-refractivity contribution in [2.45, 2.75) is 116 Å². The van der Waals surface area contributed by atoms with Gasteiger partial charge in [-0.15, -0.1) is 0 Å². The number of fused-ring (bicyclic) bond motifs is 5. The van der Waals surface area contributed by atoms with E-state index in [4.69, 9.17) is 4.74 Å². The Kier molecular flexibility index (Phi) is 11.8. The van der Waals surface area contributed by atoms with Crippen LogP contribution in [0.25, 0.3) is 0 Å². The number of ketones is 2. The fourth-order valence-electron chi connectivity index (χ4n) is 9.65. The number of hydrogen-bond acceptors (Lipinski definition) is 9. The van der Waals surface area contributed by atoms with Gasteiger partial charge in [-0.2, -0.15) is 0 Å². The summed E-state index contributed by atoms with van der Waals surface area (Å²) < 4.78 is 5.28. The van der Waals surface area contributed by atoms with Crippen LogP contribution in [-0.2, 0) is 35.1 Å². The van der Waals surface area contributed by atoms with Gasteiger partial charge in [0.1, 0.15) is 5.60 Å². The highest BCUT2D eigenvalue weighted by molar-refractivity contribution is 5.92. The van der Waals surface area contributed by atoms with Gasteiger partial charge in [0, 0.05) is 37.8 Å². The van der Waals surface area contributed by atoms with E-state index in [0.29, 0.717) is 69.9 Å². The first-order chi connectivity index (χ1) is 23.8. The lowest BCUT2D eigenvalue weighted by Crippen LogP contribution is -2.58. The molecule has 11 nitrogen and oxygen atoms in total. The summed E-state index contributed by atoms with van der Waals surface area (Å²) >= 11 is 0. The summed E-state index contributed by atoms with van der Waals surface area (Å²) in [4.78, 5) is 62.4. The van der Waals surface area contributed by atoms with Gasteiger partial charge in [-0.25, -0.2) is 0 Å². The Labute approximate surface area is 294 Å². The Morgan fingerprint density at radius 3 is 2.36 bits per heavy atom. The van der Waals surface area contributed by atoms with Crippen LogP contribution < -0.4 is 10.6 Å². The maximum atomic E-state index is 13.5. The number of esters is 1. The Bertz CT molecular complexity index is 1510. The highest BCUT2D eigenvalue weighted by Gasteiger charge is 2.66. The number of ether oxygens (including phenoxy) is 1. The maximum absolute atomic E-state index is 13.5. The number of unbranched alkanes of at least 4 members (excludes halogenated alkanes) is 2. The number of phenolic OH excluding ortho intramolecular Hbond substituents is 2. The molecule has 5 rings (SSSR count). The number of aromatic hydroxyl groups is 2. The minimum Gasteiger partial charge on any atom is -0.504 e. The number of Topliss-reactive ketones (excluding diaryl/α,β-unsaturated/α-hetero) is 1. The van der Waals surface area contributed by atoms with E-state index in [1.165, 1.54) is 17.7 Å². The van der Waals surface area contributed by atoms with Crippen LogP contribution >= 0.6 is 0 Å². The molecular formula is C39H54N2O9. The number of allylic oxidation sites excluding steroid dienone is 1. The van der Waals surface area contributed by atoms with Crippen molar-refractivity contribution < 1.29 is 44.0 Å². The molecule has 50 heavy (non-hydrogen) atoms. The molecule has 0 saturated heterocycles. The normalized spacial score (nSPS) is 29.9. The van der Waals surface area contributed by atoms with Crippen LogP contribution in [0.3, 0.4) is 0 Å². The molecule has 0 spiro atoms. The van der Waals surface area contributed by atoms with Gasteiger partial charge in [0.25, 0.3) is 0 Å². The van der Waals surface area contributed by atoms with Crippen LogP contribution in [0.2, 0.25) is 0 Å². The van der Waals surface area contributed by atoms with Gasteiger partial charge in [-0.05, 0) is 111 Å². The molecule has 6 atom stereocenters. The van der Waals surface area contributed by atoms with Gasteiger partial charge in [0.05, 0.1) is 6.42 Å². The van der Waals surface area contributed by atoms with Crippen molar-refractivity contribution in [1.29, 1.82) is 0 Å². The van der Waals surface area contributed by atoms with E-state index in [0.717, 1.165) is 44.1 Å². The van der Waals surface area contributed by atoms with E-state index in [1.807, 2.05) is 13.0 Å². The lowest BCUT2D eigenvalue weighted by molar-refractivity contribution is -0.170. The van der Waals surface area contributed by atoms with Gasteiger partial charge < -0.3 is 30.7 Å². The molecule has 0 aromatic heterocycles. The number of hydrogen-bond donors (Lipinski definition) is 5. The fourth-order valence-corrected chi connectivity index (χ4v) is 9.65. The monoisotopic (exact) mass is 694 g/mol. The van der Waals surface area contributed by atoms with E-state index in [-0.39, 0.29) is 53.3 Å². The molecule has 1 aromatic carbocycles. The summed E-state index contributed by atoms with van der Waals surface area (Å²) in [5.41, 5.74) is -0.0574. The number of carbonyl (C=O) groups excluding carboxylic acids is 5. The van der Waals surface area contributed by atoms with Crippen molar-refractivity contribution in [3.8, 4) is 11.5 Å². The summed E-state index contributed by atoms with van der Waals surface area (Å²) in [6, 6.07) is 4.56. The molecule has 4 aliphatic carbocycles. The van der Waals surface area contributed by atoms with Crippen LogP contribution in [-0.4, -0.2) is 70.0 Å². The van der Waals surface area contributed by atoms with Crippen LogP contribution in [0.1, 0.15) is 109 Å². The third-order valence-corrected chi connectivity index (χ3v) is 12.7. The SMILES string of the molecule is C[C@]12CCC(=O)C=C1CC[C@@H]1[C@@H]2CC[C@@]2(C)[C@H]1CC[C@]2(O)C(=O)COC(=O)CCC(=O)NCCCCCC(=O)NCCc1ccc(O)c(O)c1. The number of carbonyl (C=O) groups is 5. The molecule has 0 heterocycles. The zero-order valence-electron chi connectivity index (χ0n) is 29.6. The average Bonchev–Trinajstić information content (AvgIpc) is 3.37. The predicted molar refractivity (Wildman–Crippen MR) is 185 cm³/mol. The molecule has 11 heteroatoms. The summed E-state index contributed by atoms with van der Waals surface area (Å²) in [6.45, 7) is 4.67. The zero-order chi connectivity index (χ0) is 36.1. The molecule has 0 aliphatic heterocycles. The summed E-state index contributed by atoms with van der Waals surface area (Å²) in [6.07, 6.45) is 10.7. The predicted octanol–water partition coefficient (Wildman–Crippen LogP) is 4.59. The zero-order valence-corrected chi connectivity index (χ0v) is 29.6. The van der Waals surface area contributed by atoms with Gasteiger partial charge in [0.15, 0.2) is 23.9 Å². The average molecular weight is 695 g/mol. The topological polar surface area (TPSA) is 179 Å². The maximum Gasteiger partial charge on any atom is 0.306 e. The first-order valence-corrected chi connectivity index (χ1v) is 18.5. The number of phenols is 2. The number of aliphatic hydroxyl groups is 1. The second-order valence-corrected chi connectivity index (χ2v) is 15.5. The lowest BCUT2D eigenvalue weighted by Gasteiger charge is -2.58. The Morgan fingerprint density at radius 1 is 0.840 bits per heavy atom. The van der Waals surface area contributed by atoms with Gasteiger partial charge in [-0.3, -0.25) is 24.0 Å². The Hall–Kier alpha value is -3.73. The standard InChI is InChI=1S/C39H54N2O9/c1-37-17-13-27(42)23-26(37)8-9-28-29(37)14-18-38(2)30(28)15-19-39(38,49)33(45)24-50-36(48)12-11-35(47)40-20-5-3-4-6-34(46)41-21-16-25-7-10-31(43)32(44)22-25/h7,10,22-23,28-30,43-44,49H,3-6,8-9,11-21,24H2,1-2H3,(H,40,47)(H,41,46)/t28-,29+,30+,37+,38+,39+/m1/s1. The van der Waals surface area contributed by atoms with Gasteiger partial charge in [-0.1, -0.05) is 31.9 Å². The number of rotatable bonds is 15. The van der Waals surface area contributed by atoms with E-state index in [9.17, 15) is 39.3 Å². The smallest absolute Gasteiger partial charge is 0.306 e. The first kappa shape index (κ1) is 37.5. The molecule has 1 aromatic rings. The molecular weight excluding hydrogens is 640 g/mol. The largest absolute Gasteiger partial charge is 0.504 e. The lowest BCUT2D eigenvalue weighted by atomic mass is 9.46. The van der Waals surface area contributed by atoms with E-state index < -0.39 is 29.4 Å². The third kappa shape index (κ3) is 7.92. The van der Waals surface area contributed by atoms with Crippen molar-refractivity contribution >= 4 is 29.4 Å². The Morgan fingerprint density at radius 2 is 1.58 bits per heavy atom. The molecule has 0 unspecified atom stereocenters. The Balaban J connectivity index is 0.951. The van der Waals surface area contributed by atoms with Crippen LogP contribution in [0.4, 0.5) is 0 Å². The molecule has 3 fully saturated rings. The van der Waals surface area contributed by atoms with Crippen LogP contribution in [0.15, 0.2) is 29.8 Å². The summed E-state index contributed by atoms with van der Waals surface area (Å²) in [7, 11) is 0. The van der Waals surface area contributed by atoms with Crippen LogP contribution in [0.5, 0.6) is 11.5 Å². The number of benzene rings is 1. The van der Waals surface area contributed by atoms with Crippen molar-refractivity contribution in [3.05, 3.63) is 35.4 Å². The van der Waals surface area contributed by atoms with Crippen molar-refractivity contribution in [3.63, 3.8) is 0 Å². The van der Waals surface area contributed by atoms with Crippen LogP contribution in [0, 0.1) is 28.6 Å². The molecule has 0 bridgehead atoms. The molecule has 5 N–H and O–H groups in total. The molecule has 3 saturated carbocycles. The quantitative estimate of drug-likeness (QED) is 0.0998. The van der Waals surface area contributed by atoms with Gasteiger partial charge in [0.2, 0.25) is 17.6 Å². The van der Waals surface area contributed by atoms with Crippen molar-refractivity contribution in [2.75, 3.05) is 19.7 Å². The molecule has 274 valence electrons. The van der Waals surface area contributed by atoms with E-state index >= 15 is 0 Å². The second-order valence-electron chi connectivity index (χ2n) is 15.5. The van der Waals surface area contributed by atoms with E-state index in [1.54, 1.807) is 6.07 Å².